The van der Waals surface area contributed by atoms with Gasteiger partial charge in [-0.1, -0.05) is 26.2 Å². The van der Waals surface area contributed by atoms with Crippen molar-refractivity contribution in [1.82, 2.24) is 4.31 Å². The van der Waals surface area contributed by atoms with Crippen LogP contribution in [0.15, 0.2) is 11.1 Å². The number of rotatable bonds is 1. The Morgan fingerprint density at radius 1 is 1.40 bits per heavy atom. The summed E-state index contributed by atoms with van der Waals surface area (Å²) in [5.74, 6) is 0. The minimum absolute atomic E-state index is 0.383. The van der Waals surface area contributed by atoms with Gasteiger partial charge in [0.25, 0.3) is 0 Å². The lowest BCUT2D eigenvalue weighted by atomic mass is 9.80. The van der Waals surface area contributed by atoms with Gasteiger partial charge in [0.2, 0.25) is 10.0 Å². The van der Waals surface area contributed by atoms with Crippen LogP contribution in [0.5, 0.6) is 0 Å². The average Bonchev–Trinajstić information content (AvgIpc) is 2.35. The molecule has 1 aliphatic carbocycles. The highest BCUT2D eigenvalue weighted by Crippen LogP contribution is 2.43. The maximum Gasteiger partial charge on any atom is 0.238 e. The number of nitrogens with two attached hydrogens (primary N) is 1. The smallest absolute Gasteiger partial charge is 0.238 e. The van der Waals surface area contributed by atoms with Gasteiger partial charge in [0, 0.05) is 12.2 Å². The van der Waals surface area contributed by atoms with Crippen molar-refractivity contribution in [3.63, 3.8) is 0 Å². The molecule has 0 atom stereocenters. The van der Waals surface area contributed by atoms with Crippen LogP contribution >= 0.6 is 0 Å². The number of likely N-dealkylation sites (N-methyl/N-ethyl adjacent to an activating group) is 1. The van der Waals surface area contributed by atoms with Crippen molar-refractivity contribution in [2.45, 2.75) is 44.6 Å². The first kappa shape index (κ1) is 11.0. The predicted molar refractivity (Wildman–Crippen MR) is 59.4 cm³/mol. The lowest BCUT2D eigenvalue weighted by Crippen LogP contribution is -2.50. The van der Waals surface area contributed by atoms with Crippen molar-refractivity contribution >= 4 is 10.0 Å². The Hall–Kier alpha value is -0.550. The van der Waals surface area contributed by atoms with Gasteiger partial charge in [-0.3, -0.25) is 0 Å². The third kappa shape index (κ3) is 1.49. The van der Waals surface area contributed by atoms with E-state index < -0.39 is 10.0 Å². The van der Waals surface area contributed by atoms with Crippen molar-refractivity contribution in [3.05, 3.63) is 11.1 Å². The molecular weight excluding hydrogens is 212 g/mol. The molecule has 1 saturated carbocycles. The lowest BCUT2D eigenvalue weighted by Gasteiger charge is -2.40. The van der Waals surface area contributed by atoms with E-state index in [2.05, 4.69) is 0 Å². The van der Waals surface area contributed by atoms with E-state index in [4.69, 9.17) is 5.73 Å². The topological polar surface area (TPSA) is 63.4 Å². The molecule has 0 saturated heterocycles. The van der Waals surface area contributed by atoms with Gasteiger partial charge >= 0.3 is 0 Å². The molecule has 2 rings (SSSR count). The van der Waals surface area contributed by atoms with Crippen LogP contribution in [-0.2, 0) is 10.0 Å². The summed E-state index contributed by atoms with van der Waals surface area (Å²) in [4.78, 5) is 0. The average molecular weight is 230 g/mol. The van der Waals surface area contributed by atoms with Gasteiger partial charge in [0.15, 0.2) is 0 Å². The zero-order valence-electron chi connectivity index (χ0n) is 9.07. The first-order valence-corrected chi connectivity index (χ1v) is 7.04. The van der Waals surface area contributed by atoms with E-state index >= 15 is 0 Å². The highest BCUT2D eigenvalue weighted by Gasteiger charge is 2.49. The summed E-state index contributed by atoms with van der Waals surface area (Å²) < 4.78 is 25.3. The standard InChI is InChI=1S/C10H18N2O2S/c1-2-12-10(6-4-3-5-7-10)9(11)8-15(12,13)14/h8H,2-7,11H2,1H3. The summed E-state index contributed by atoms with van der Waals surface area (Å²) in [6.45, 7) is 2.39. The summed E-state index contributed by atoms with van der Waals surface area (Å²) in [6.07, 6.45) is 5.08. The van der Waals surface area contributed by atoms with Gasteiger partial charge in [0.1, 0.15) is 0 Å². The van der Waals surface area contributed by atoms with Gasteiger partial charge in [-0.15, -0.1) is 0 Å². The van der Waals surface area contributed by atoms with Gasteiger partial charge in [-0.2, -0.15) is 4.31 Å². The molecule has 0 unspecified atom stereocenters. The SMILES string of the molecule is CCN1C2(CCCCC2)C(N)=CS1(=O)=O. The van der Waals surface area contributed by atoms with Gasteiger partial charge in [-0.25, -0.2) is 8.42 Å². The Bertz CT molecular complexity index is 380. The van der Waals surface area contributed by atoms with Crippen LogP contribution in [0, 0.1) is 0 Å². The number of hydrogen-bond acceptors (Lipinski definition) is 3. The molecule has 5 heteroatoms. The molecule has 0 aromatic heterocycles. The lowest BCUT2D eigenvalue weighted by molar-refractivity contribution is 0.179. The molecule has 1 spiro atoms. The summed E-state index contributed by atoms with van der Waals surface area (Å²) in [5.41, 5.74) is 6.09. The molecule has 1 fully saturated rings. The van der Waals surface area contributed by atoms with Crippen LogP contribution in [0.25, 0.3) is 0 Å². The Kier molecular flexibility index (Phi) is 2.55. The molecule has 86 valence electrons. The van der Waals surface area contributed by atoms with Crippen LogP contribution in [0.2, 0.25) is 0 Å². The highest BCUT2D eigenvalue weighted by molar-refractivity contribution is 7.92. The van der Waals surface area contributed by atoms with E-state index in [-0.39, 0.29) is 5.54 Å². The Balaban J connectivity index is 2.43. The normalized spacial score (nSPS) is 29.3. The molecule has 0 aromatic carbocycles. The Morgan fingerprint density at radius 3 is 2.53 bits per heavy atom. The van der Waals surface area contributed by atoms with Gasteiger partial charge in [-0.05, 0) is 12.8 Å². The fraction of sp³-hybridized carbons (Fsp3) is 0.800. The first-order chi connectivity index (χ1) is 7.03. The fourth-order valence-corrected chi connectivity index (χ4v) is 4.68. The second-order valence-electron chi connectivity index (χ2n) is 4.38. The summed E-state index contributed by atoms with van der Waals surface area (Å²) >= 11 is 0. The highest BCUT2D eigenvalue weighted by atomic mass is 32.2. The van der Waals surface area contributed by atoms with Gasteiger partial charge < -0.3 is 5.73 Å². The largest absolute Gasteiger partial charge is 0.400 e. The molecule has 1 aliphatic heterocycles. The summed E-state index contributed by atoms with van der Waals surface area (Å²) in [7, 11) is -3.25. The predicted octanol–water partition coefficient (Wildman–Crippen LogP) is 1.15. The van der Waals surface area contributed by atoms with E-state index in [1.807, 2.05) is 6.92 Å². The summed E-state index contributed by atoms with van der Waals surface area (Å²) in [5, 5.41) is 1.25. The van der Waals surface area contributed by atoms with Crippen molar-refractivity contribution in [3.8, 4) is 0 Å². The molecule has 2 aliphatic rings. The molecule has 2 N–H and O–H groups in total. The van der Waals surface area contributed by atoms with Crippen molar-refractivity contribution in [2.75, 3.05) is 6.54 Å². The summed E-state index contributed by atoms with van der Waals surface area (Å²) in [6, 6.07) is 0. The van der Waals surface area contributed by atoms with Crippen LogP contribution in [0.4, 0.5) is 0 Å². The maximum atomic E-state index is 11.8. The molecule has 0 aromatic rings. The molecular formula is C10H18N2O2S. The van der Waals surface area contributed by atoms with E-state index in [1.165, 1.54) is 11.8 Å². The van der Waals surface area contributed by atoms with E-state index in [0.717, 1.165) is 25.7 Å². The molecule has 0 bridgehead atoms. The zero-order chi connectivity index (χ0) is 11.1. The second-order valence-corrected chi connectivity index (χ2v) is 6.08. The number of hydrogen-bond donors (Lipinski definition) is 1. The van der Waals surface area contributed by atoms with Crippen LogP contribution in [0.1, 0.15) is 39.0 Å². The molecule has 15 heavy (non-hydrogen) atoms. The molecule has 0 radical (unpaired) electrons. The van der Waals surface area contributed by atoms with Crippen LogP contribution < -0.4 is 5.73 Å². The monoisotopic (exact) mass is 230 g/mol. The number of sulfonamides is 1. The Labute approximate surface area is 91.2 Å². The third-order valence-electron chi connectivity index (χ3n) is 3.57. The van der Waals surface area contributed by atoms with Crippen molar-refractivity contribution in [2.24, 2.45) is 5.73 Å². The van der Waals surface area contributed by atoms with E-state index in [0.29, 0.717) is 12.2 Å². The quantitative estimate of drug-likeness (QED) is 0.735. The second kappa shape index (κ2) is 3.49. The minimum atomic E-state index is -3.25. The fourth-order valence-electron chi connectivity index (χ4n) is 2.88. The van der Waals surface area contributed by atoms with E-state index in [9.17, 15) is 8.42 Å². The first-order valence-electron chi connectivity index (χ1n) is 5.53. The van der Waals surface area contributed by atoms with E-state index in [1.54, 1.807) is 4.31 Å². The molecule has 1 heterocycles. The van der Waals surface area contributed by atoms with Crippen LogP contribution in [0.3, 0.4) is 0 Å². The van der Waals surface area contributed by atoms with Crippen molar-refractivity contribution < 1.29 is 8.42 Å². The zero-order valence-corrected chi connectivity index (χ0v) is 9.89. The van der Waals surface area contributed by atoms with Crippen LogP contribution in [-0.4, -0.2) is 24.8 Å². The van der Waals surface area contributed by atoms with Crippen molar-refractivity contribution in [1.29, 1.82) is 0 Å². The molecule has 4 nitrogen and oxygen atoms in total. The minimum Gasteiger partial charge on any atom is -0.400 e. The third-order valence-corrected chi connectivity index (χ3v) is 5.34. The van der Waals surface area contributed by atoms with Gasteiger partial charge in [0.05, 0.1) is 10.9 Å². The maximum absolute atomic E-state index is 11.8. The molecule has 0 amide bonds. The Morgan fingerprint density at radius 2 is 2.00 bits per heavy atom. The number of nitrogens with zero attached hydrogens (tertiary/aromatic N) is 1.